The van der Waals surface area contributed by atoms with Crippen LogP contribution in [0.2, 0.25) is 0 Å². The van der Waals surface area contributed by atoms with Crippen LogP contribution in [0.3, 0.4) is 0 Å². The molecule has 29 heavy (non-hydrogen) atoms. The fraction of sp³-hybridized carbons (Fsp3) is 0.217. The van der Waals surface area contributed by atoms with Crippen LogP contribution in [-0.2, 0) is 4.79 Å². The van der Waals surface area contributed by atoms with E-state index < -0.39 is 5.60 Å². The lowest BCUT2D eigenvalue weighted by atomic mass is 10.1. The second-order valence-corrected chi connectivity index (χ2v) is 7.40. The highest BCUT2D eigenvalue weighted by Gasteiger charge is 2.30. The molecular weight excluding hydrogens is 369 g/mol. The average molecular weight is 393 g/mol. The minimum absolute atomic E-state index is 0.299. The molecule has 0 unspecified atom stereocenters. The third kappa shape index (κ3) is 5.10. The standard InChI is InChI=1S/C23H24FN3O2/c1-23(2,29-20-12-8-18(24)9-13-20)22(28)26-19-10-5-16(6-11-19)17-7-14-21(25-15-17)27(3)4/h5-15H,1-4H3,(H,26,28). The highest BCUT2D eigenvalue weighted by Crippen LogP contribution is 2.24. The molecular formula is C23H24FN3O2. The highest BCUT2D eigenvalue weighted by atomic mass is 19.1. The van der Waals surface area contributed by atoms with Gasteiger partial charge >= 0.3 is 0 Å². The van der Waals surface area contributed by atoms with Gasteiger partial charge in [0.05, 0.1) is 0 Å². The third-order valence-electron chi connectivity index (χ3n) is 4.42. The molecule has 0 radical (unpaired) electrons. The Labute approximate surface area is 170 Å². The Bertz CT molecular complexity index is 967. The van der Waals surface area contributed by atoms with Crippen molar-refractivity contribution in [2.75, 3.05) is 24.3 Å². The summed E-state index contributed by atoms with van der Waals surface area (Å²) in [6, 6.07) is 17.1. The number of hydrogen-bond donors (Lipinski definition) is 1. The van der Waals surface area contributed by atoms with Crippen LogP contribution in [0.25, 0.3) is 11.1 Å². The first-order valence-electron chi connectivity index (χ1n) is 9.24. The number of nitrogens with one attached hydrogen (secondary N) is 1. The Hall–Kier alpha value is -3.41. The van der Waals surface area contributed by atoms with E-state index in [1.165, 1.54) is 24.3 Å². The fourth-order valence-electron chi connectivity index (χ4n) is 2.69. The van der Waals surface area contributed by atoms with Crippen LogP contribution in [0.5, 0.6) is 5.75 Å². The van der Waals surface area contributed by atoms with Crippen molar-refractivity contribution < 1.29 is 13.9 Å². The van der Waals surface area contributed by atoms with Crippen molar-refractivity contribution in [3.05, 3.63) is 72.7 Å². The van der Waals surface area contributed by atoms with Gasteiger partial charge in [0.15, 0.2) is 5.60 Å². The molecule has 5 nitrogen and oxygen atoms in total. The molecule has 0 aliphatic rings. The second-order valence-electron chi connectivity index (χ2n) is 7.40. The van der Waals surface area contributed by atoms with Gasteiger partial charge in [-0.2, -0.15) is 0 Å². The Morgan fingerprint density at radius 2 is 1.59 bits per heavy atom. The summed E-state index contributed by atoms with van der Waals surface area (Å²) >= 11 is 0. The topological polar surface area (TPSA) is 54.5 Å². The molecule has 0 fully saturated rings. The number of halogens is 1. The van der Waals surface area contributed by atoms with Crippen LogP contribution < -0.4 is 15.0 Å². The molecule has 0 spiro atoms. The molecule has 1 aromatic heterocycles. The number of aromatic nitrogens is 1. The zero-order chi connectivity index (χ0) is 21.0. The molecule has 3 aromatic rings. The first-order chi connectivity index (χ1) is 13.7. The van der Waals surface area contributed by atoms with Crippen LogP contribution in [-0.4, -0.2) is 30.6 Å². The van der Waals surface area contributed by atoms with E-state index in [4.69, 9.17) is 4.74 Å². The van der Waals surface area contributed by atoms with E-state index in [9.17, 15) is 9.18 Å². The molecule has 0 saturated carbocycles. The molecule has 1 amide bonds. The Balaban J connectivity index is 1.66. The van der Waals surface area contributed by atoms with E-state index in [-0.39, 0.29) is 11.7 Å². The van der Waals surface area contributed by atoms with Crippen molar-refractivity contribution in [3.8, 4) is 16.9 Å². The number of pyridine rings is 1. The van der Waals surface area contributed by atoms with Crippen LogP contribution in [0, 0.1) is 5.82 Å². The number of carbonyl (C=O) groups excluding carboxylic acids is 1. The predicted molar refractivity (Wildman–Crippen MR) is 114 cm³/mol. The normalized spacial score (nSPS) is 11.1. The Morgan fingerprint density at radius 1 is 0.966 bits per heavy atom. The van der Waals surface area contributed by atoms with E-state index >= 15 is 0 Å². The largest absolute Gasteiger partial charge is 0.478 e. The van der Waals surface area contributed by atoms with Crippen molar-refractivity contribution in [3.63, 3.8) is 0 Å². The first-order valence-corrected chi connectivity index (χ1v) is 9.24. The van der Waals surface area contributed by atoms with Gasteiger partial charge in [0.25, 0.3) is 5.91 Å². The Morgan fingerprint density at radius 3 is 2.14 bits per heavy atom. The van der Waals surface area contributed by atoms with Crippen molar-refractivity contribution in [2.45, 2.75) is 19.4 Å². The zero-order valence-electron chi connectivity index (χ0n) is 16.9. The smallest absolute Gasteiger partial charge is 0.267 e. The molecule has 0 bridgehead atoms. The molecule has 0 saturated heterocycles. The summed E-state index contributed by atoms with van der Waals surface area (Å²) in [4.78, 5) is 19.0. The SMILES string of the molecule is CN(C)c1ccc(-c2ccc(NC(=O)C(C)(C)Oc3ccc(F)cc3)cc2)cn1. The lowest BCUT2D eigenvalue weighted by Gasteiger charge is -2.25. The van der Waals surface area contributed by atoms with Gasteiger partial charge in [0.2, 0.25) is 0 Å². The molecule has 0 aliphatic heterocycles. The van der Waals surface area contributed by atoms with Gasteiger partial charge in [-0.15, -0.1) is 0 Å². The molecule has 6 heteroatoms. The molecule has 150 valence electrons. The van der Waals surface area contributed by atoms with Crippen LogP contribution in [0.1, 0.15) is 13.8 Å². The zero-order valence-corrected chi connectivity index (χ0v) is 16.9. The molecule has 0 atom stereocenters. The van der Waals surface area contributed by atoms with E-state index in [1.807, 2.05) is 61.6 Å². The lowest BCUT2D eigenvalue weighted by Crippen LogP contribution is -2.42. The first kappa shape index (κ1) is 20.3. The maximum atomic E-state index is 13.0. The predicted octanol–water partition coefficient (Wildman–Crippen LogP) is 4.75. The third-order valence-corrected chi connectivity index (χ3v) is 4.42. The molecule has 2 aromatic carbocycles. The number of carbonyl (C=O) groups is 1. The number of benzene rings is 2. The summed E-state index contributed by atoms with van der Waals surface area (Å²) in [5.74, 6) is 0.661. The molecule has 0 aliphatic carbocycles. The van der Waals surface area contributed by atoms with Crippen molar-refractivity contribution in [2.24, 2.45) is 0 Å². The number of rotatable bonds is 6. The number of nitrogens with zero attached hydrogens (tertiary/aromatic N) is 2. The molecule has 1 heterocycles. The summed E-state index contributed by atoms with van der Waals surface area (Å²) < 4.78 is 18.8. The maximum Gasteiger partial charge on any atom is 0.267 e. The van der Waals surface area contributed by atoms with Crippen molar-refractivity contribution in [1.29, 1.82) is 0 Å². The van der Waals surface area contributed by atoms with Gasteiger partial charge in [0.1, 0.15) is 17.4 Å². The van der Waals surface area contributed by atoms with Crippen LogP contribution >= 0.6 is 0 Å². The summed E-state index contributed by atoms with van der Waals surface area (Å²) in [5.41, 5.74) is 1.53. The summed E-state index contributed by atoms with van der Waals surface area (Å²) in [5, 5.41) is 2.86. The van der Waals surface area contributed by atoms with Crippen molar-refractivity contribution >= 4 is 17.4 Å². The van der Waals surface area contributed by atoms with Crippen LogP contribution in [0.4, 0.5) is 15.9 Å². The summed E-state index contributed by atoms with van der Waals surface area (Å²) in [7, 11) is 3.89. The van der Waals surface area contributed by atoms with Crippen molar-refractivity contribution in [1.82, 2.24) is 4.98 Å². The summed E-state index contributed by atoms with van der Waals surface area (Å²) in [6.45, 7) is 3.33. The van der Waals surface area contributed by atoms with Gasteiger partial charge in [-0.25, -0.2) is 9.37 Å². The quantitative estimate of drug-likeness (QED) is 0.657. The molecule has 1 N–H and O–H groups in total. The number of amides is 1. The van der Waals surface area contributed by atoms with E-state index in [0.29, 0.717) is 11.4 Å². The average Bonchev–Trinajstić information content (AvgIpc) is 2.70. The minimum atomic E-state index is -1.12. The fourth-order valence-corrected chi connectivity index (χ4v) is 2.69. The Kier molecular flexibility index (Phi) is 5.82. The van der Waals surface area contributed by atoms with Gasteiger partial charge in [-0.05, 0) is 67.9 Å². The van der Waals surface area contributed by atoms with Gasteiger partial charge in [-0.3, -0.25) is 4.79 Å². The number of anilines is 2. The van der Waals surface area contributed by atoms with Crippen LogP contribution in [0.15, 0.2) is 66.9 Å². The number of hydrogen-bond acceptors (Lipinski definition) is 4. The van der Waals surface area contributed by atoms with E-state index in [0.717, 1.165) is 16.9 Å². The van der Waals surface area contributed by atoms with E-state index in [1.54, 1.807) is 13.8 Å². The maximum absolute atomic E-state index is 13.0. The van der Waals surface area contributed by atoms with Gasteiger partial charge in [0, 0.05) is 31.5 Å². The second kappa shape index (κ2) is 8.31. The highest BCUT2D eigenvalue weighted by molar-refractivity contribution is 5.97. The minimum Gasteiger partial charge on any atom is -0.478 e. The lowest BCUT2D eigenvalue weighted by molar-refractivity contribution is -0.128. The summed E-state index contributed by atoms with van der Waals surface area (Å²) in [6.07, 6.45) is 1.82. The number of ether oxygens (including phenoxy) is 1. The molecule has 3 rings (SSSR count). The van der Waals surface area contributed by atoms with E-state index in [2.05, 4.69) is 10.3 Å². The van der Waals surface area contributed by atoms with Gasteiger partial charge in [-0.1, -0.05) is 12.1 Å². The van der Waals surface area contributed by atoms with Gasteiger partial charge < -0.3 is 15.0 Å². The monoisotopic (exact) mass is 393 g/mol.